The van der Waals surface area contributed by atoms with Crippen LogP contribution in [-0.4, -0.2) is 20.7 Å². The number of hydrogen-bond donors (Lipinski definition) is 1. The van der Waals surface area contributed by atoms with E-state index < -0.39 is 0 Å². The first kappa shape index (κ1) is 15.7. The molecular formula is C18H24N4O. The Labute approximate surface area is 137 Å². The van der Waals surface area contributed by atoms with E-state index in [0.29, 0.717) is 6.42 Å². The lowest BCUT2D eigenvalue weighted by Crippen LogP contribution is -2.26. The molecule has 0 aliphatic heterocycles. The van der Waals surface area contributed by atoms with Crippen LogP contribution in [0.5, 0.6) is 0 Å². The van der Waals surface area contributed by atoms with Crippen LogP contribution >= 0.6 is 0 Å². The van der Waals surface area contributed by atoms with E-state index in [1.165, 1.54) is 48.7 Å². The standard InChI is InChI=1S/C18H24N4O/c1-14(16-9-8-15-5-2-3-6-17(15)11-16)21-18(23)7-4-10-22-13-19-12-20-22/h8-9,11-14H,2-7,10H2,1H3,(H,21,23)/t14-/m0/s1. The zero-order valence-corrected chi connectivity index (χ0v) is 13.7. The Kier molecular flexibility index (Phi) is 5.05. The minimum Gasteiger partial charge on any atom is -0.350 e. The lowest BCUT2D eigenvalue weighted by Gasteiger charge is -2.20. The minimum atomic E-state index is 0.0566. The second-order valence-corrected chi connectivity index (χ2v) is 6.29. The second-order valence-electron chi connectivity index (χ2n) is 6.29. The second kappa shape index (κ2) is 7.40. The first-order valence-electron chi connectivity index (χ1n) is 8.46. The maximum atomic E-state index is 12.1. The molecule has 5 heteroatoms. The summed E-state index contributed by atoms with van der Waals surface area (Å²) < 4.78 is 1.75. The Bertz CT molecular complexity index is 651. The van der Waals surface area contributed by atoms with Crippen molar-refractivity contribution in [1.82, 2.24) is 20.1 Å². The summed E-state index contributed by atoms with van der Waals surface area (Å²) >= 11 is 0. The number of fused-ring (bicyclic) bond motifs is 1. The number of carbonyl (C=O) groups excluding carboxylic acids is 1. The summed E-state index contributed by atoms with van der Waals surface area (Å²) in [4.78, 5) is 16.0. The molecule has 0 saturated heterocycles. The highest BCUT2D eigenvalue weighted by molar-refractivity contribution is 5.76. The monoisotopic (exact) mass is 312 g/mol. The fourth-order valence-electron chi connectivity index (χ4n) is 3.17. The lowest BCUT2D eigenvalue weighted by molar-refractivity contribution is -0.121. The van der Waals surface area contributed by atoms with Crippen molar-refractivity contribution in [3.63, 3.8) is 0 Å². The highest BCUT2D eigenvalue weighted by Crippen LogP contribution is 2.24. The van der Waals surface area contributed by atoms with Crippen LogP contribution in [0.2, 0.25) is 0 Å². The maximum Gasteiger partial charge on any atom is 0.220 e. The summed E-state index contributed by atoms with van der Waals surface area (Å²) in [6, 6.07) is 6.72. The van der Waals surface area contributed by atoms with E-state index >= 15 is 0 Å². The van der Waals surface area contributed by atoms with E-state index in [1.807, 2.05) is 0 Å². The molecule has 3 rings (SSSR count). The Balaban J connectivity index is 1.50. The van der Waals surface area contributed by atoms with Gasteiger partial charge in [-0.2, -0.15) is 5.10 Å². The summed E-state index contributed by atoms with van der Waals surface area (Å²) in [5, 5.41) is 7.14. The molecule has 0 radical (unpaired) electrons. The van der Waals surface area contributed by atoms with Crippen molar-refractivity contribution in [2.75, 3.05) is 0 Å². The van der Waals surface area contributed by atoms with Crippen LogP contribution in [0.4, 0.5) is 0 Å². The molecule has 1 heterocycles. The molecule has 2 aromatic rings. The summed E-state index contributed by atoms with van der Waals surface area (Å²) in [5.41, 5.74) is 4.14. The van der Waals surface area contributed by atoms with Crippen molar-refractivity contribution < 1.29 is 4.79 Å². The van der Waals surface area contributed by atoms with Crippen molar-refractivity contribution in [3.8, 4) is 0 Å². The molecule has 0 unspecified atom stereocenters. The van der Waals surface area contributed by atoms with Crippen molar-refractivity contribution in [2.24, 2.45) is 0 Å². The normalized spacial score (nSPS) is 15.0. The molecule has 1 atom stereocenters. The molecule has 1 N–H and O–H groups in total. The number of aromatic nitrogens is 3. The molecule has 1 amide bonds. The third-order valence-corrected chi connectivity index (χ3v) is 4.51. The topological polar surface area (TPSA) is 59.8 Å². The Morgan fingerprint density at radius 2 is 2.13 bits per heavy atom. The van der Waals surface area contributed by atoms with Crippen molar-refractivity contribution in [2.45, 2.75) is 58.0 Å². The molecule has 1 aromatic carbocycles. The van der Waals surface area contributed by atoms with Gasteiger partial charge in [0.1, 0.15) is 12.7 Å². The number of benzene rings is 1. The molecular weight excluding hydrogens is 288 g/mol. The van der Waals surface area contributed by atoms with E-state index in [1.54, 1.807) is 11.0 Å². The molecule has 0 spiro atoms. The summed E-state index contributed by atoms with van der Waals surface area (Å²) in [5.74, 6) is 0.0929. The number of nitrogens with zero attached hydrogens (tertiary/aromatic N) is 3. The van der Waals surface area contributed by atoms with Crippen LogP contribution < -0.4 is 5.32 Å². The van der Waals surface area contributed by atoms with Crippen LogP contribution in [0.15, 0.2) is 30.9 Å². The van der Waals surface area contributed by atoms with Gasteiger partial charge in [-0.05, 0) is 55.7 Å². The summed E-state index contributed by atoms with van der Waals surface area (Å²) in [6.07, 6.45) is 9.40. The van der Waals surface area contributed by atoms with Gasteiger partial charge in [0.2, 0.25) is 5.91 Å². The number of hydrogen-bond acceptors (Lipinski definition) is 3. The summed E-state index contributed by atoms with van der Waals surface area (Å²) in [7, 11) is 0. The molecule has 5 nitrogen and oxygen atoms in total. The molecule has 122 valence electrons. The van der Waals surface area contributed by atoms with Crippen LogP contribution in [0.3, 0.4) is 0 Å². The average Bonchev–Trinajstić information content (AvgIpc) is 3.07. The van der Waals surface area contributed by atoms with Gasteiger partial charge in [-0.3, -0.25) is 9.48 Å². The Morgan fingerprint density at radius 1 is 1.30 bits per heavy atom. The van der Waals surface area contributed by atoms with E-state index in [0.717, 1.165) is 13.0 Å². The predicted octanol–water partition coefficient (Wildman–Crippen LogP) is 2.81. The molecule has 1 aliphatic rings. The zero-order chi connectivity index (χ0) is 16.1. The first-order valence-corrected chi connectivity index (χ1v) is 8.46. The largest absolute Gasteiger partial charge is 0.350 e. The van der Waals surface area contributed by atoms with Gasteiger partial charge >= 0.3 is 0 Å². The maximum absolute atomic E-state index is 12.1. The van der Waals surface area contributed by atoms with E-state index in [-0.39, 0.29) is 11.9 Å². The zero-order valence-electron chi connectivity index (χ0n) is 13.7. The van der Waals surface area contributed by atoms with Crippen LogP contribution in [0.25, 0.3) is 0 Å². The van der Waals surface area contributed by atoms with Crippen molar-refractivity contribution in [1.29, 1.82) is 0 Å². The van der Waals surface area contributed by atoms with Gasteiger partial charge in [0.05, 0.1) is 6.04 Å². The Morgan fingerprint density at radius 3 is 2.91 bits per heavy atom. The van der Waals surface area contributed by atoms with E-state index in [4.69, 9.17) is 0 Å². The van der Waals surface area contributed by atoms with Gasteiger partial charge in [-0.25, -0.2) is 4.98 Å². The lowest BCUT2D eigenvalue weighted by atomic mass is 9.89. The summed E-state index contributed by atoms with van der Waals surface area (Å²) in [6.45, 7) is 2.78. The molecule has 0 bridgehead atoms. The number of rotatable bonds is 6. The third-order valence-electron chi connectivity index (χ3n) is 4.51. The van der Waals surface area contributed by atoms with Crippen molar-refractivity contribution >= 4 is 5.91 Å². The third kappa shape index (κ3) is 4.18. The molecule has 0 fully saturated rings. The fourth-order valence-corrected chi connectivity index (χ4v) is 3.17. The SMILES string of the molecule is C[C@H](NC(=O)CCCn1cncn1)c1ccc2c(c1)CCCC2. The van der Waals surface area contributed by atoms with Gasteiger partial charge in [0.25, 0.3) is 0 Å². The molecule has 0 saturated carbocycles. The smallest absolute Gasteiger partial charge is 0.220 e. The average molecular weight is 312 g/mol. The highest BCUT2D eigenvalue weighted by atomic mass is 16.1. The number of aryl methyl sites for hydroxylation is 3. The van der Waals surface area contributed by atoms with Crippen LogP contribution in [0, 0.1) is 0 Å². The van der Waals surface area contributed by atoms with Gasteiger partial charge in [0, 0.05) is 13.0 Å². The quantitative estimate of drug-likeness (QED) is 0.892. The fraction of sp³-hybridized carbons (Fsp3) is 0.500. The number of nitrogens with one attached hydrogen (secondary N) is 1. The van der Waals surface area contributed by atoms with Crippen LogP contribution in [-0.2, 0) is 24.2 Å². The number of carbonyl (C=O) groups is 1. The van der Waals surface area contributed by atoms with Gasteiger partial charge < -0.3 is 5.32 Å². The molecule has 1 aliphatic carbocycles. The predicted molar refractivity (Wildman–Crippen MR) is 88.9 cm³/mol. The van der Waals surface area contributed by atoms with E-state index in [2.05, 4.69) is 40.5 Å². The Hall–Kier alpha value is -2.17. The van der Waals surface area contributed by atoms with E-state index in [9.17, 15) is 4.79 Å². The molecule has 1 aromatic heterocycles. The van der Waals surface area contributed by atoms with Crippen molar-refractivity contribution in [3.05, 3.63) is 47.5 Å². The highest BCUT2D eigenvalue weighted by Gasteiger charge is 2.14. The minimum absolute atomic E-state index is 0.0566. The number of amides is 1. The molecule has 23 heavy (non-hydrogen) atoms. The van der Waals surface area contributed by atoms with Gasteiger partial charge in [-0.15, -0.1) is 0 Å². The van der Waals surface area contributed by atoms with Gasteiger partial charge in [0.15, 0.2) is 0 Å². The van der Waals surface area contributed by atoms with Gasteiger partial charge in [-0.1, -0.05) is 18.2 Å². The first-order chi connectivity index (χ1) is 11.2. The van der Waals surface area contributed by atoms with Crippen LogP contribution in [0.1, 0.15) is 55.3 Å².